The van der Waals surface area contributed by atoms with Gasteiger partial charge in [-0.25, -0.2) is 8.78 Å². The van der Waals surface area contributed by atoms with Crippen LogP contribution < -0.4 is 0 Å². The minimum absolute atomic E-state index is 0.0260. The Balaban J connectivity index is 1.72. The predicted octanol–water partition coefficient (Wildman–Crippen LogP) is 6.99. The fourth-order valence-corrected chi connectivity index (χ4v) is 5.35. The molecule has 1 amide bonds. The molecule has 208 valence electrons. The third-order valence-corrected chi connectivity index (χ3v) is 7.21. The molecule has 0 N–H and O–H groups in total. The summed E-state index contributed by atoms with van der Waals surface area (Å²) in [6.45, 7) is -1.56. The van der Waals surface area contributed by atoms with Crippen molar-refractivity contribution >= 4 is 34.9 Å². The summed E-state index contributed by atoms with van der Waals surface area (Å²) in [5.74, 6) is -4.62. The van der Waals surface area contributed by atoms with Crippen molar-refractivity contribution in [1.29, 1.82) is 0 Å². The summed E-state index contributed by atoms with van der Waals surface area (Å²) in [4.78, 5) is 31.1. The van der Waals surface area contributed by atoms with Crippen LogP contribution in [0.15, 0.2) is 36.8 Å². The van der Waals surface area contributed by atoms with Crippen LogP contribution in [0.25, 0.3) is 0 Å². The van der Waals surface area contributed by atoms with Gasteiger partial charge in [-0.1, -0.05) is 54.6 Å². The number of Topliss-reactive ketones (excluding diaryl/α,β-unsaturated/α-hetero) is 1. The fourth-order valence-electron chi connectivity index (χ4n) is 4.77. The van der Waals surface area contributed by atoms with E-state index in [1.54, 1.807) is 0 Å². The van der Waals surface area contributed by atoms with Gasteiger partial charge in [-0.3, -0.25) is 19.3 Å². The molecule has 4 rings (SSSR count). The molecule has 0 aliphatic heterocycles. The molecule has 3 aromatic rings. The molecular weight excluding hydrogens is 566 g/mol. The molecule has 0 spiro atoms. The van der Waals surface area contributed by atoms with Crippen LogP contribution in [-0.2, 0) is 19.3 Å². The molecule has 0 saturated heterocycles. The molecular formula is C26H23Cl2F5N4O2. The molecule has 1 saturated carbocycles. The first-order valence-corrected chi connectivity index (χ1v) is 12.9. The van der Waals surface area contributed by atoms with Crippen LogP contribution in [0.1, 0.15) is 64.1 Å². The number of amides is 1. The summed E-state index contributed by atoms with van der Waals surface area (Å²) < 4.78 is 71.9. The monoisotopic (exact) mass is 588 g/mol. The Kier molecular flexibility index (Phi) is 8.90. The molecule has 1 fully saturated rings. The smallest absolute Gasteiger partial charge is 0.326 e. The number of pyridine rings is 1. The number of ketones is 1. The highest BCUT2D eigenvalue weighted by molar-refractivity contribution is 6.39. The van der Waals surface area contributed by atoms with Gasteiger partial charge in [-0.2, -0.15) is 18.3 Å². The zero-order chi connectivity index (χ0) is 28.3. The van der Waals surface area contributed by atoms with Crippen LogP contribution >= 0.6 is 23.2 Å². The van der Waals surface area contributed by atoms with E-state index in [9.17, 15) is 31.5 Å². The number of benzene rings is 1. The lowest BCUT2D eigenvalue weighted by Crippen LogP contribution is -2.37. The summed E-state index contributed by atoms with van der Waals surface area (Å²) >= 11 is 12.1. The largest absolute Gasteiger partial charge is 0.433 e. The lowest BCUT2D eigenvalue weighted by atomic mass is 9.89. The maximum atomic E-state index is 14.5. The quantitative estimate of drug-likeness (QED) is 0.210. The molecule has 1 aliphatic carbocycles. The normalized spacial score (nSPS) is 14.4. The number of alkyl halides is 3. The third-order valence-electron chi connectivity index (χ3n) is 6.64. The van der Waals surface area contributed by atoms with E-state index in [1.807, 2.05) is 0 Å². The summed E-state index contributed by atoms with van der Waals surface area (Å²) in [7, 11) is 0. The van der Waals surface area contributed by atoms with Crippen LogP contribution in [-0.4, -0.2) is 37.9 Å². The summed E-state index contributed by atoms with van der Waals surface area (Å²) in [5.41, 5.74) is -2.63. The van der Waals surface area contributed by atoms with Gasteiger partial charge in [-0.15, -0.1) is 0 Å². The van der Waals surface area contributed by atoms with Gasteiger partial charge in [0.15, 0.2) is 23.1 Å². The van der Waals surface area contributed by atoms with E-state index in [0.29, 0.717) is 4.90 Å². The molecule has 6 nitrogen and oxygen atoms in total. The lowest BCUT2D eigenvalue weighted by Gasteiger charge is -2.25. The van der Waals surface area contributed by atoms with E-state index in [1.165, 1.54) is 6.07 Å². The first kappa shape index (κ1) is 28.9. The molecule has 0 unspecified atom stereocenters. The average Bonchev–Trinajstić information content (AvgIpc) is 3.30. The number of aromatic nitrogens is 3. The Morgan fingerprint density at radius 2 is 1.69 bits per heavy atom. The van der Waals surface area contributed by atoms with Crippen molar-refractivity contribution in [2.45, 2.75) is 51.4 Å². The standard InChI is InChI=1S/C26H23Cl2F5N4O2/c27-18-10-34-11-19(28)22(18)21(38)14-36(13-16-7-4-8-20(29)23(16)30)25(39)17-9-35-37(24(17)26(31,32)33)12-15-5-2-1-3-6-15/h4,7-11,15H,1-3,5-6,12-14H2. The fraction of sp³-hybridized carbons (Fsp3) is 0.385. The van der Waals surface area contributed by atoms with Crippen molar-refractivity contribution < 1.29 is 31.5 Å². The SMILES string of the molecule is O=C(CN(Cc1cccc(F)c1F)C(=O)c1cnn(CC2CCCCC2)c1C(F)(F)F)c1c(Cl)cncc1Cl. The van der Waals surface area contributed by atoms with Gasteiger partial charge in [-0.05, 0) is 24.8 Å². The minimum Gasteiger partial charge on any atom is -0.326 e. The molecule has 39 heavy (non-hydrogen) atoms. The van der Waals surface area contributed by atoms with Crippen molar-refractivity contribution in [3.05, 3.63) is 80.9 Å². The summed E-state index contributed by atoms with van der Waals surface area (Å²) in [6.07, 6.45) is 2.40. The molecule has 2 aromatic heterocycles. The van der Waals surface area contributed by atoms with Gasteiger partial charge in [0.05, 0.1) is 33.9 Å². The van der Waals surface area contributed by atoms with Crippen LogP contribution in [0.2, 0.25) is 10.0 Å². The Bertz CT molecular complexity index is 1350. The third kappa shape index (κ3) is 6.58. The molecule has 0 radical (unpaired) electrons. The lowest BCUT2D eigenvalue weighted by molar-refractivity contribution is -0.145. The maximum Gasteiger partial charge on any atom is 0.433 e. The Morgan fingerprint density at radius 1 is 1.03 bits per heavy atom. The zero-order valence-electron chi connectivity index (χ0n) is 20.4. The van der Waals surface area contributed by atoms with Crippen molar-refractivity contribution in [3.8, 4) is 0 Å². The number of nitrogens with zero attached hydrogens (tertiary/aromatic N) is 4. The average molecular weight is 589 g/mol. The van der Waals surface area contributed by atoms with Gasteiger partial charge < -0.3 is 4.90 Å². The number of halogens is 7. The van der Waals surface area contributed by atoms with Crippen molar-refractivity contribution in [1.82, 2.24) is 19.7 Å². The van der Waals surface area contributed by atoms with Crippen molar-refractivity contribution in [2.24, 2.45) is 5.92 Å². The summed E-state index contributed by atoms with van der Waals surface area (Å²) in [6, 6.07) is 3.19. The van der Waals surface area contributed by atoms with Gasteiger partial charge in [0.1, 0.15) is 0 Å². The molecule has 1 aromatic carbocycles. The Hall–Kier alpha value is -3.05. The van der Waals surface area contributed by atoms with Crippen molar-refractivity contribution in [3.63, 3.8) is 0 Å². The van der Waals surface area contributed by atoms with Crippen LogP contribution in [0.3, 0.4) is 0 Å². The number of hydrogen-bond acceptors (Lipinski definition) is 4. The van der Waals surface area contributed by atoms with Gasteiger partial charge in [0, 0.05) is 31.0 Å². The van der Waals surface area contributed by atoms with Crippen LogP contribution in [0.4, 0.5) is 22.0 Å². The van der Waals surface area contributed by atoms with E-state index in [-0.39, 0.29) is 33.6 Å². The van der Waals surface area contributed by atoms with E-state index >= 15 is 0 Å². The molecule has 13 heteroatoms. The zero-order valence-corrected chi connectivity index (χ0v) is 22.0. The van der Waals surface area contributed by atoms with E-state index in [4.69, 9.17) is 23.2 Å². The van der Waals surface area contributed by atoms with E-state index < -0.39 is 53.8 Å². The second-order valence-electron chi connectivity index (χ2n) is 9.37. The highest BCUT2D eigenvalue weighted by Gasteiger charge is 2.42. The highest BCUT2D eigenvalue weighted by atomic mass is 35.5. The topological polar surface area (TPSA) is 68.1 Å². The second-order valence-corrected chi connectivity index (χ2v) is 10.2. The Morgan fingerprint density at radius 3 is 2.33 bits per heavy atom. The number of hydrogen-bond donors (Lipinski definition) is 0. The minimum atomic E-state index is -4.95. The predicted molar refractivity (Wildman–Crippen MR) is 133 cm³/mol. The van der Waals surface area contributed by atoms with Crippen LogP contribution in [0.5, 0.6) is 0 Å². The molecule has 0 bridgehead atoms. The molecule has 1 aliphatic rings. The van der Waals surface area contributed by atoms with Gasteiger partial charge >= 0.3 is 6.18 Å². The van der Waals surface area contributed by atoms with E-state index in [2.05, 4.69) is 10.1 Å². The first-order chi connectivity index (χ1) is 18.5. The first-order valence-electron chi connectivity index (χ1n) is 12.1. The van der Waals surface area contributed by atoms with Gasteiger partial charge in [0.2, 0.25) is 0 Å². The second kappa shape index (κ2) is 12.0. The highest BCUT2D eigenvalue weighted by Crippen LogP contribution is 2.35. The molecule has 2 heterocycles. The van der Waals surface area contributed by atoms with Crippen molar-refractivity contribution in [2.75, 3.05) is 6.54 Å². The van der Waals surface area contributed by atoms with Gasteiger partial charge in [0.25, 0.3) is 5.91 Å². The Labute approximate surface area is 230 Å². The number of rotatable bonds is 8. The molecule has 0 atom stereocenters. The van der Waals surface area contributed by atoms with Crippen LogP contribution in [0, 0.1) is 17.6 Å². The maximum absolute atomic E-state index is 14.5. The van der Waals surface area contributed by atoms with E-state index in [0.717, 1.165) is 67.5 Å². The number of carbonyl (C=O) groups is 2. The number of carbonyl (C=O) groups excluding carboxylic acids is 2. The summed E-state index contributed by atoms with van der Waals surface area (Å²) in [5, 5.41) is 3.57.